The molecule has 0 atom stereocenters. The SMILES string of the molecule is O=C(O)CN(CC(=O)NC1CCOCC1)CC1CC1. The van der Waals surface area contributed by atoms with Crippen LogP contribution in [0.15, 0.2) is 0 Å². The number of nitrogens with zero attached hydrogens (tertiary/aromatic N) is 1. The molecule has 19 heavy (non-hydrogen) atoms. The Morgan fingerprint density at radius 2 is 1.84 bits per heavy atom. The topological polar surface area (TPSA) is 78.9 Å². The molecule has 0 aromatic rings. The van der Waals surface area contributed by atoms with E-state index in [4.69, 9.17) is 9.84 Å². The van der Waals surface area contributed by atoms with Gasteiger partial charge in [0.2, 0.25) is 5.91 Å². The first-order valence-electron chi connectivity index (χ1n) is 6.94. The normalized spacial score (nSPS) is 20.5. The first-order valence-corrected chi connectivity index (χ1v) is 6.94. The van der Waals surface area contributed by atoms with E-state index in [0.717, 1.165) is 25.7 Å². The third-order valence-corrected chi connectivity index (χ3v) is 3.53. The van der Waals surface area contributed by atoms with Crippen molar-refractivity contribution in [2.24, 2.45) is 5.92 Å². The maximum Gasteiger partial charge on any atom is 0.317 e. The molecule has 1 heterocycles. The molecule has 0 spiro atoms. The number of rotatable bonds is 7. The maximum absolute atomic E-state index is 11.9. The highest BCUT2D eigenvalue weighted by Crippen LogP contribution is 2.29. The van der Waals surface area contributed by atoms with Crippen molar-refractivity contribution in [3.8, 4) is 0 Å². The number of hydrogen-bond donors (Lipinski definition) is 2. The van der Waals surface area contributed by atoms with Gasteiger partial charge in [-0.25, -0.2) is 0 Å². The molecule has 108 valence electrons. The van der Waals surface area contributed by atoms with Crippen LogP contribution >= 0.6 is 0 Å². The van der Waals surface area contributed by atoms with Gasteiger partial charge in [-0.2, -0.15) is 0 Å². The zero-order valence-electron chi connectivity index (χ0n) is 11.1. The molecule has 6 heteroatoms. The van der Waals surface area contributed by atoms with Crippen LogP contribution in [0.3, 0.4) is 0 Å². The number of amides is 1. The predicted molar refractivity (Wildman–Crippen MR) is 68.8 cm³/mol. The number of carbonyl (C=O) groups is 2. The molecule has 2 N–H and O–H groups in total. The Kier molecular flexibility index (Phi) is 5.15. The Labute approximate surface area is 113 Å². The second kappa shape index (κ2) is 6.86. The molecule has 0 aromatic carbocycles. The minimum atomic E-state index is -0.875. The first-order chi connectivity index (χ1) is 9.13. The minimum Gasteiger partial charge on any atom is -0.480 e. The zero-order valence-corrected chi connectivity index (χ0v) is 11.1. The van der Waals surface area contributed by atoms with Gasteiger partial charge in [-0.3, -0.25) is 14.5 Å². The quantitative estimate of drug-likeness (QED) is 0.685. The molecule has 6 nitrogen and oxygen atoms in total. The molecule has 2 rings (SSSR count). The number of aliphatic carboxylic acids is 1. The van der Waals surface area contributed by atoms with Crippen molar-refractivity contribution in [3.05, 3.63) is 0 Å². The van der Waals surface area contributed by atoms with Gasteiger partial charge in [-0.1, -0.05) is 0 Å². The highest BCUT2D eigenvalue weighted by molar-refractivity contribution is 5.79. The van der Waals surface area contributed by atoms with E-state index < -0.39 is 5.97 Å². The van der Waals surface area contributed by atoms with Crippen LogP contribution in [0.25, 0.3) is 0 Å². The lowest BCUT2D eigenvalue weighted by Crippen LogP contribution is -2.45. The second-order valence-corrected chi connectivity index (χ2v) is 5.46. The Bertz CT molecular complexity index is 325. The van der Waals surface area contributed by atoms with E-state index in [9.17, 15) is 9.59 Å². The molecule has 0 unspecified atom stereocenters. The fraction of sp³-hybridized carbons (Fsp3) is 0.846. The summed E-state index contributed by atoms with van der Waals surface area (Å²) in [7, 11) is 0. The number of hydrogen-bond acceptors (Lipinski definition) is 4. The molecule has 2 aliphatic rings. The Morgan fingerprint density at radius 3 is 2.42 bits per heavy atom. The smallest absolute Gasteiger partial charge is 0.317 e. The summed E-state index contributed by atoms with van der Waals surface area (Å²) in [5, 5.41) is 11.8. The molecule has 0 aromatic heterocycles. The molecule has 0 radical (unpaired) electrons. The van der Waals surface area contributed by atoms with E-state index in [0.29, 0.717) is 25.7 Å². The molecular weight excluding hydrogens is 248 g/mol. The summed E-state index contributed by atoms with van der Waals surface area (Å²) in [4.78, 5) is 24.4. The van der Waals surface area contributed by atoms with E-state index in [2.05, 4.69) is 5.32 Å². The average Bonchev–Trinajstić information content (AvgIpc) is 3.13. The van der Waals surface area contributed by atoms with Crippen molar-refractivity contribution in [2.75, 3.05) is 32.8 Å². The van der Waals surface area contributed by atoms with Crippen LogP contribution in [-0.4, -0.2) is 60.8 Å². The van der Waals surface area contributed by atoms with Gasteiger partial charge >= 0.3 is 5.97 Å². The van der Waals surface area contributed by atoms with Crippen LogP contribution in [0.5, 0.6) is 0 Å². The van der Waals surface area contributed by atoms with Crippen LogP contribution in [0, 0.1) is 5.92 Å². The summed E-state index contributed by atoms with van der Waals surface area (Å²) in [6.45, 7) is 2.21. The van der Waals surface area contributed by atoms with Crippen molar-refractivity contribution >= 4 is 11.9 Å². The molecular formula is C13H22N2O4. The Hall–Kier alpha value is -1.14. The maximum atomic E-state index is 11.9. The van der Waals surface area contributed by atoms with Gasteiger partial charge in [0, 0.05) is 25.8 Å². The number of carbonyl (C=O) groups excluding carboxylic acids is 1. The van der Waals surface area contributed by atoms with Gasteiger partial charge in [0.15, 0.2) is 0 Å². The van der Waals surface area contributed by atoms with Crippen LogP contribution in [0.2, 0.25) is 0 Å². The van der Waals surface area contributed by atoms with E-state index in [1.807, 2.05) is 0 Å². The molecule has 1 aliphatic heterocycles. The predicted octanol–water partition coefficient (Wildman–Crippen LogP) is 0.0782. The van der Waals surface area contributed by atoms with Gasteiger partial charge in [-0.05, 0) is 31.6 Å². The monoisotopic (exact) mass is 270 g/mol. The summed E-state index contributed by atoms with van der Waals surface area (Å²) in [6, 6.07) is 0.175. The highest BCUT2D eigenvalue weighted by atomic mass is 16.5. The average molecular weight is 270 g/mol. The van der Waals surface area contributed by atoms with Gasteiger partial charge in [0.1, 0.15) is 0 Å². The highest BCUT2D eigenvalue weighted by Gasteiger charge is 2.26. The standard InChI is InChI=1S/C13H22N2O4/c16-12(14-11-3-5-19-6-4-11)8-15(9-13(17)18)7-10-1-2-10/h10-11H,1-9H2,(H,14,16)(H,17,18). The minimum absolute atomic E-state index is 0.0578. The van der Waals surface area contributed by atoms with Crippen molar-refractivity contribution in [1.29, 1.82) is 0 Å². The lowest BCUT2D eigenvalue weighted by Gasteiger charge is -2.25. The number of carboxylic acids is 1. The third-order valence-electron chi connectivity index (χ3n) is 3.53. The Morgan fingerprint density at radius 1 is 1.16 bits per heavy atom. The lowest BCUT2D eigenvalue weighted by molar-refractivity contribution is -0.138. The van der Waals surface area contributed by atoms with Crippen molar-refractivity contribution in [2.45, 2.75) is 31.7 Å². The van der Waals surface area contributed by atoms with Crippen molar-refractivity contribution in [1.82, 2.24) is 10.2 Å². The van der Waals surface area contributed by atoms with Gasteiger partial charge < -0.3 is 15.2 Å². The molecule has 1 amide bonds. The van der Waals surface area contributed by atoms with Crippen LogP contribution < -0.4 is 5.32 Å². The summed E-state index contributed by atoms with van der Waals surface area (Å²) in [6.07, 6.45) is 3.98. The van der Waals surface area contributed by atoms with Crippen LogP contribution in [0.4, 0.5) is 0 Å². The lowest BCUT2D eigenvalue weighted by atomic mass is 10.1. The summed E-state index contributed by atoms with van der Waals surface area (Å²) in [5.74, 6) is -0.372. The largest absolute Gasteiger partial charge is 0.480 e. The number of carboxylic acid groups (broad SMARTS) is 1. The number of ether oxygens (including phenoxy) is 1. The summed E-state index contributed by atoms with van der Waals surface area (Å²) in [5.41, 5.74) is 0. The van der Waals surface area contributed by atoms with E-state index >= 15 is 0 Å². The summed E-state index contributed by atoms with van der Waals surface area (Å²) >= 11 is 0. The fourth-order valence-corrected chi connectivity index (χ4v) is 2.36. The third kappa shape index (κ3) is 5.57. The van der Waals surface area contributed by atoms with Gasteiger partial charge in [0.25, 0.3) is 0 Å². The van der Waals surface area contributed by atoms with E-state index in [1.54, 1.807) is 4.90 Å². The van der Waals surface area contributed by atoms with Gasteiger partial charge in [-0.15, -0.1) is 0 Å². The van der Waals surface area contributed by atoms with E-state index in [1.165, 1.54) is 0 Å². The van der Waals surface area contributed by atoms with Crippen LogP contribution in [-0.2, 0) is 14.3 Å². The molecule has 0 bridgehead atoms. The zero-order chi connectivity index (χ0) is 13.7. The molecule has 1 saturated heterocycles. The first kappa shape index (κ1) is 14.3. The Balaban J connectivity index is 1.74. The molecule has 2 fully saturated rings. The van der Waals surface area contributed by atoms with Crippen molar-refractivity contribution in [3.63, 3.8) is 0 Å². The summed E-state index contributed by atoms with van der Waals surface area (Å²) < 4.78 is 5.24. The van der Waals surface area contributed by atoms with E-state index in [-0.39, 0.29) is 25.0 Å². The van der Waals surface area contributed by atoms with Crippen molar-refractivity contribution < 1.29 is 19.4 Å². The molecule has 1 aliphatic carbocycles. The fourth-order valence-electron chi connectivity index (χ4n) is 2.36. The molecule has 1 saturated carbocycles. The van der Waals surface area contributed by atoms with Crippen LogP contribution in [0.1, 0.15) is 25.7 Å². The number of nitrogens with one attached hydrogen (secondary N) is 1. The van der Waals surface area contributed by atoms with Gasteiger partial charge in [0.05, 0.1) is 13.1 Å². The second-order valence-electron chi connectivity index (χ2n) is 5.46.